The maximum Gasteiger partial charge on any atom is 0.160 e. The van der Waals surface area contributed by atoms with E-state index in [2.05, 4.69) is 63.9 Å². The van der Waals surface area contributed by atoms with Gasteiger partial charge in [0.1, 0.15) is 0 Å². The zero-order valence-corrected chi connectivity index (χ0v) is 12.6. The highest BCUT2D eigenvalue weighted by atomic mass is 79.9. The molecule has 86 valence electrons. The fraction of sp³-hybridized carbons (Fsp3) is 0.462. The molecule has 1 aromatic rings. The van der Waals surface area contributed by atoms with Crippen LogP contribution in [-0.4, -0.2) is 15.4 Å². The number of rotatable bonds is 2. The third kappa shape index (κ3) is 1.68. The Morgan fingerprint density at radius 2 is 2.25 bits per heavy atom. The van der Waals surface area contributed by atoms with Crippen molar-refractivity contribution in [3.05, 3.63) is 34.9 Å². The summed E-state index contributed by atoms with van der Waals surface area (Å²) < 4.78 is -0.412. The predicted octanol–water partition coefficient (Wildman–Crippen LogP) is 3.75. The number of benzene rings is 1. The zero-order chi connectivity index (χ0) is 11.9. The minimum absolute atomic E-state index is 0.232. The molecule has 0 aromatic heterocycles. The second kappa shape index (κ2) is 4.26. The van der Waals surface area contributed by atoms with E-state index in [0.29, 0.717) is 5.33 Å². The Morgan fingerprint density at radius 1 is 1.56 bits per heavy atom. The van der Waals surface area contributed by atoms with Crippen LogP contribution in [0, 0.1) is 6.92 Å². The summed E-state index contributed by atoms with van der Waals surface area (Å²) in [5.74, 6) is 0.475. The molecule has 0 heterocycles. The average Bonchev–Trinajstić information content (AvgIpc) is 2.54. The monoisotopic (exact) mass is 344 g/mol. The highest BCUT2D eigenvalue weighted by Crippen LogP contribution is 2.48. The molecule has 0 radical (unpaired) electrons. The lowest BCUT2D eigenvalue weighted by atomic mass is 9.91. The van der Waals surface area contributed by atoms with Gasteiger partial charge in [-0.2, -0.15) is 0 Å². The topological polar surface area (TPSA) is 17.1 Å². The summed E-state index contributed by atoms with van der Waals surface area (Å²) >= 11 is 6.94. The molecule has 0 spiro atoms. The van der Waals surface area contributed by atoms with Crippen LogP contribution in [0.3, 0.4) is 0 Å². The number of carbonyl (C=O) groups excluding carboxylic acids is 1. The lowest BCUT2D eigenvalue weighted by Crippen LogP contribution is -2.36. The Morgan fingerprint density at radius 3 is 2.81 bits per heavy atom. The largest absolute Gasteiger partial charge is 0.297 e. The molecule has 2 unspecified atom stereocenters. The van der Waals surface area contributed by atoms with Gasteiger partial charge < -0.3 is 0 Å². The van der Waals surface area contributed by atoms with Crippen LogP contribution < -0.4 is 0 Å². The van der Waals surface area contributed by atoms with Crippen LogP contribution in [0.15, 0.2) is 18.2 Å². The van der Waals surface area contributed by atoms with Crippen molar-refractivity contribution in [3.8, 4) is 0 Å². The van der Waals surface area contributed by atoms with E-state index in [9.17, 15) is 4.79 Å². The van der Waals surface area contributed by atoms with E-state index in [1.54, 1.807) is 0 Å². The molecular weight excluding hydrogens is 332 g/mol. The molecule has 0 saturated heterocycles. The quantitative estimate of drug-likeness (QED) is 0.746. The second-order valence-corrected chi connectivity index (χ2v) is 6.44. The molecule has 1 aliphatic carbocycles. The number of carbonyl (C=O) groups is 1. The first-order chi connectivity index (χ1) is 7.50. The van der Waals surface area contributed by atoms with E-state index in [-0.39, 0.29) is 11.7 Å². The number of hydrogen-bond acceptors (Lipinski definition) is 1. The number of halogens is 2. The Hall–Kier alpha value is -0.150. The molecule has 0 bridgehead atoms. The van der Waals surface area contributed by atoms with Crippen LogP contribution in [0.4, 0.5) is 0 Å². The van der Waals surface area contributed by atoms with E-state index >= 15 is 0 Å². The summed E-state index contributed by atoms with van der Waals surface area (Å²) in [6.07, 6.45) is 0.806. The van der Waals surface area contributed by atoms with Crippen LogP contribution in [0.1, 0.15) is 29.5 Å². The summed E-state index contributed by atoms with van der Waals surface area (Å²) in [4.78, 5) is 12.0. The van der Waals surface area contributed by atoms with Crippen molar-refractivity contribution >= 4 is 37.6 Å². The van der Waals surface area contributed by atoms with E-state index < -0.39 is 4.32 Å². The Labute approximate surface area is 113 Å². The first kappa shape index (κ1) is 12.3. The van der Waals surface area contributed by atoms with Gasteiger partial charge in [-0.05, 0) is 30.0 Å². The molecule has 1 aromatic carbocycles. The first-order valence-electron chi connectivity index (χ1n) is 5.37. The van der Waals surface area contributed by atoms with Gasteiger partial charge in [0, 0.05) is 5.92 Å². The molecule has 2 rings (SSSR count). The smallest absolute Gasteiger partial charge is 0.160 e. The van der Waals surface area contributed by atoms with E-state index in [1.807, 2.05) is 0 Å². The number of fused-ring (bicyclic) bond motifs is 1. The summed E-state index contributed by atoms with van der Waals surface area (Å²) in [6, 6.07) is 6.32. The Kier molecular flexibility index (Phi) is 3.28. The minimum Gasteiger partial charge on any atom is -0.297 e. The molecule has 0 aliphatic heterocycles. The summed E-state index contributed by atoms with van der Waals surface area (Å²) in [5, 5.41) is 0.412. The Balaban J connectivity index is 2.48. The highest BCUT2D eigenvalue weighted by molar-refractivity contribution is 9.11. The number of aryl methyl sites for hydroxylation is 1. The molecule has 2 atom stereocenters. The van der Waals surface area contributed by atoms with Crippen LogP contribution in [-0.2, 0) is 11.2 Å². The highest BCUT2D eigenvalue weighted by Gasteiger charge is 2.46. The average molecular weight is 346 g/mol. The molecule has 0 N–H and O–H groups in total. The molecule has 3 heteroatoms. The van der Waals surface area contributed by atoms with Gasteiger partial charge >= 0.3 is 0 Å². The maximum atomic E-state index is 12.0. The fourth-order valence-electron chi connectivity index (χ4n) is 2.48. The van der Waals surface area contributed by atoms with Crippen molar-refractivity contribution < 1.29 is 4.79 Å². The van der Waals surface area contributed by atoms with Crippen LogP contribution >= 0.6 is 31.9 Å². The molecule has 0 saturated carbocycles. The van der Waals surface area contributed by atoms with Crippen molar-refractivity contribution in [3.63, 3.8) is 0 Å². The van der Waals surface area contributed by atoms with Crippen molar-refractivity contribution in [2.24, 2.45) is 0 Å². The third-order valence-electron chi connectivity index (χ3n) is 3.62. The lowest BCUT2D eigenvalue weighted by molar-refractivity contribution is -0.118. The van der Waals surface area contributed by atoms with Crippen LogP contribution in [0.25, 0.3) is 0 Å². The van der Waals surface area contributed by atoms with Gasteiger partial charge in [-0.25, -0.2) is 0 Å². The van der Waals surface area contributed by atoms with Crippen molar-refractivity contribution in [2.45, 2.75) is 30.5 Å². The SMILES string of the molecule is Cc1cccc2c1CC(Br)(C(=O)CBr)C2C. The molecular formula is C13H14Br2O. The predicted molar refractivity (Wildman–Crippen MR) is 73.8 cm³/mol. The van der Waals surface area contributed by atoms with Gasteiger partial charge in [-0.15, -0.1) is 0 Å². The van der Waals surface area contributed by atoms with Gasteiger partial charge in [0.15, 0.2) is 5.78 Å². The summed E-state index contributed by atoms with van der Waals surface area (Å²) in [7, 11) is 0. The third-order valence-corrected chi connectivity index (χ3v) is 5.54. The van der Waals surface area contributed by atoms with Gasteiger partial charge in [0.05, 0.1) is 9.65 Å². The first-order valence-corrected chi connectivity index (χ1v) is 7.28. The van der Waals surface area contributed by atoms with E-state index in [0.717, 1.165) is 6.42 Å². The molecule has 1 aliphatic rings. The van der Waals surface area contributed by atoms with Gasteiger partial charge in [-0.3, -0.25) is 4.79 Å². The molecule has 0 amide bonds. The standard InChI is InChI=1S/C13H14Br2O/c1-8-4-3-5-10-9(2)13(15,6-11(8)10)12(16)7-14/h3-5,9H,6-7H2,1-2H3. The van der Waals surface area contributed by atoms with Crippen molar-refractivity contribution in [2.75, 3.05) is 5.33 Å². The van der Waals surface area contributed by atoms with Crippen molar-refractivity contribution in [1.82, 2.24) is 0 Å². The zero-order valence-electron chi connectivity index (χ0n) is 9.39. The fourth-order valence-corrected chi connectivity index (χ4v) is 4.02. The lowest BCUT2D eigenvalue weighted by Gasteiger charge is -2.24. The van der Waals surface area contributed by atoms with Crippen LogP contribution in [0.2, 0.25) is 0 Å². The number of hydrogen-bond donors (Lipinski definition) is 0. The Bertz CT molecular complexity index is 442. The van der Waals surface area contributed by atoms with E-state index in [1.165, 1.54) is 16.7 Å². The normalized spacial score (nSPS) is 27.9. The van der Waals surface area contributed by atoms with Gasteiger partial charge in [0.2, 0.25) is 0 Å². The van der Waals surface area contributed by atoms with Gasteiger partial charge in [0.25, 0.3) is 0 Å². The molecule has 0 fully saturated rings. The summed E-state index contributed by atoms with van der Waals surface area (Å²) in [5.41, 5.74) is 3.93. The van der Waals surface area contributed by atoms with E-state index in [4.69, 9.17) is 0 Å². The van der Waals surface area contributed by atoms with Crippen LogP contribution in [0.5, 0.6) is 0 Å². The van der Waals surface area contributed by atoms with Crippen molar-refractivity contribution in [1.29, 1.82) is 0 Å². The number of alkyl halides is 2. The molecule has 1 nitrogen and oxygen atoms in total. The summed E-state index contributed by atoms with van der Waals surface area (Å²) in [6.45, 7) is 4.24. The number of Topliss-reactive ketones (excluding diaryl/α,β-unsaturated/α-hetero) is 1. The van der Waals surface area contributed by atoms with Gasteiger partial charge in [-0.1, -0.05) is 57.0 Å². The second-order valence-electron chi connectivity index (χ2n) is 4.46. The minimum atomic E-state index is -0.412. The molecule has 16 heavy (non-hydrogen) atoms. The number of ketones is 1. The maximum absolute atomic E-state index is 12.0.